The lowest BCUT2D eigenvalue weighted by Gasteiger charge is -2.12. The van der Waals surface area contributed by atoms with Gasteiger partial charge in [-0.15, -0.1) is 0 Å². The Balaban J connectivity index is 3.10. The Morgan fingerprint density at radius 1 is 1.50 bits per heavy atom. The molecular weight excluding hydrogens is 273 g/mol. The van der Waals surface area contributed by atoms with E-state index in [2.05, 4.69) is 15.9 Å². The summed E-state index contributed by atoms with van der Waals surface area (Å²) >= 11 is 3.11. The first-order chi connectivity index (χ1) is 7.47. The molecule has 1 aromatic carbocycles. The quantitative estimate of drug-likeness (QED) is 0.796. The van der Waals surface area contributed by atoms with Crippen LogP contribution in [0.2, 0.25) is 0 Å². The molecule has 84 valence electrons. The van der Waals surface area contributed by atoms with E-state index in [1.54, 1.807) is 19.9 Å². The predicted molar refractivity (Wildman–Crippen MR) is 62.4 cm³/mol. The zero-order valence-corrected chi connectivity index (χ0v) is 10.6. The van der Waals surface area contributed by atoms with Crippen LogP contribution in [0.3, 0.4) is 0 Å². The van der Waals surface area contributed by atoms with Crippen molar-refractivity contribution in [3.63, 3.8) is 0 Å². The van der Waals surface area contributed by atoms with Gasteiger partial charge in [-0.1, -0.05) is 29.8 Å². The molecule has 0 N–H and O–H groups in total. The molecule has 16 heavy (non-hydrogen) atoms. The highest BCUT2D eigenvalue weighted by Gasteiger charge is 2.25. The van der Waals surface area contributed by atoms with Gasteiger partial charge in [-0.25, -0.2) is 4.39 Å². The van der Waals surface area contributed by atoms with Gasteiger partial charge in [0.05, 0.1) is 11.6 Å². The number of carbonyl (C=O) groups is 1. The number of Topliss-reactive ketones (excluding diaryl/α,β-unsaturated/α-hetero) is 1. The minimum absolute atomic E-state index is 0.0246. The van der Waals surface area contributed by atoms with E-state index in [4.69, 9.17) is 5.26 Å². The van der Waals surface area contributed by atoms with Crippen molar-refractivity contribution < 1.29 is 9.18 Å². The van der Waals surface area contributed by atoms with Crippen LogP contribution in [-0.4, -0.2) is 5.78 Å². The third kappa shape index (κ3) is 2.67. The largest absolute Gasteiger partial charge is 0.293 e. The lowest BCUT2D eigenvalue weighted by atomic mass is 9.89. The van der Waals surface area contributed by atoms with Crippen molar-refractivity contribution in [1.82, 2.24) is 0 Å². The molecule has 0 saturated carbocycles. The molecule has 0 saturated heterocycles. The van der Waals surface area contributed by atoms with Gasteiger partial charge >= 0.3 is 0 Å². The highest BCUT2D eigenvalue weighted by atomic mass is 79.9. The maximum atomic E-state index is 13.5. The van der Waals surface area contributed by atoms with E-state index in [1.165, 1.54) is 12.1 Å². The van der Waals surface area contributed by atoms with Crippen LogP contribution >= 0.6 is 15.9 Å². The lowest BCUT2D eigenvalue weighted by molar-refractivity contribution is 0.0920. The highest BCUT2D eigenvalue weighted by Crippen LogP contribution is 2.21. The lowest BCUT2D eigenvalue weighted by Crippen LogP contribution is -2.19. The molecule has 0 radical (unpaired) electrons. The van der Waals surface area contributed by atoms with Crippen LogP contribution in [0.4, 0.5) is 4.39 Å². The first-order valence-electron chi connectivity index (χ1n) is 4.86. The van der Waals surface area contributed by atoms with Gasteiger partial charge in [0, 0.05) is 4.47 Å². The molecular formula is C12H11BrFNO. The van der Waals surface area contributed by atoms with Crippen molar-refractivity contribution in [2.24, 2.45) is 11.8 Å². The second-order valence-electron chi connectivity index (χ2n) is 3.84. The van der Waals surface area contributed by atoms with Crippen LogP contribution in [0.5, 0.6) is 0 Å². The summed E-state index contributed by atoms with van der Waals surface area (Å²) in [5.41, 5.74) is -0.0246. The molecule has 0 aliphatic heterocycles. The van der Waals surface area contributed by atoms with Crippen LogP contribution in [-0.2, 0) is 0 Å². The number of nitrogens with zero attached hydrogens (tertiary/aromatic N) is 1. The van der Waals surface area contributed by atoms with E-state index in [1.807, 2.05) is 6.07 Å². The molecule has 1 unspecified atom stereocenters. The van der Waals surface area contributed by atoms with Crippen molar-refractivity contribution in [3.05, 3.63) is 34.1 Å². The minimum Gasteiger partial charge on any atom is -0.293 e. The predicted octanol–water partition coefficient (Wildman–Crippen LogP) is 3.57. The van der Waals surface area contributed by atoms with Crippen LogP contribution in [0.25, 0.3) is 0 Å². The molecule has 0 amide bonds. The van der Waals surface area contributed by atoms with E-state index >= 15 is 0 Å². The highest BCUT2D eigenvalue weighted by molar-refractivity contribution is 9.10. The van der Waals surface area contributed by atoms with E-state index in [-0.39, 0.29) is 11.5 Å². The van der Waals surface area contributed by atoms with E-state index in [0.29, 0.717) is 4.47 Å². The van der Waals surface area contributed by atoms with Gasteiger partial charge in [-0.3, -0.25) is 4.79 Å². The van der Waals surface area contributed by atoms with E-state index in [0.717, 1.165) is 0 Å². The Kier molecular flexibility index (Phi) is 4.19. The first-order valence-corrected chi connectivity index (χ1v) is 5.65. The van der Waals surface area contributed by atoms with Gasteiger partial charge in [-0.05, 0) is 24.1 Å². The normalized spacial score (nSPS) is 12.2. The standard InChI is InChI=1S/C12H11BrFNO/c1-7(2)10(6-15)12(16)9-4-3-8(13)5-11(9)14/h3-5,7,10H,1-2H3. The fourth-order valence-corrected chi connectivity index (χ4v) is 1.70. The van der Waals surface area contributed by atoms with Gasteiger partial charge < -0.3 is 0 Å². The molecule has 0 bridgehead atoms. The number of halogens is 2. The average molecular weight is 284 g/mol. The fourth-order valence-electron chi connectivity index (χ4n) is 1.37. The van der Waals surface area contributed by atoms with Crippen molar-refractivity contribution >= 4 is 21.7 Å². The number of nitriles is 1. The number of carbonyl (C=O) groups excluding carboxylic acids is 1. The van der Waals surface area contributed by atoms with Crippen LogP contribution in [0.1, 0.15) is 24.2 Å². The summed E-state index contributed by atoms with van der Waals surface area (Å²) in [6.45, 7) is 3.53. The minimum atomic E-state index is -0.796. The SMILES string of the molecule is CC(C)C(C#N)C(=O)c1ccc(Br)cc1F. The number of hydrogen-bond donors (Lipinski definition) is 0. The Morgan fingerprint density at radius 2 is 2.12 bits per heavy atom. The summed E-state index contributed by atoms with van der Waals surface area (Å²) in [5, 5.41) is 8.87. The third-order valence-electron chi connectivity index (χ3n) is 2.28. The van der Waals surface area contributed by atoms with Crippen molar-refractivity contribution in [3.8, 4) is 6.07 Å². The number of ketones is 1. The summed E-state index contributed by atoms with van der Waals surface area (Å²) < 4.78 is 14.1. The van der Waals surface area contributed by atoms with Gasteiger partial charge in [0.15, 0.2) is 5.78 Å². The maximum absolute atomic E-state index is 13.5. The summed E-state index contributed by atoms with van der Waals surface area (Å²) in [4.78, 5) is 11.9. The second kappa shape index (κ2) is 5.22. The molecule has 4 heteroatoms. The number of hydrogen-bond acceptors (Lipinski definition) is 2. The first kappa shape index (κ1) is 12.9. The molecule has 0 aliphatic carbocycles. The van der Waals surface area contributed by atoms with Gasteiger partial charge in [0.1, 0.15) is 11.7 Å². The molecule has 0 heterocycles. The summed E-state index contributed by atoms with van der Waals surface area (Å²) in [5.74, 6) is -1.97. The summed E-state index contributed by atoms with van der Waals surface area (Å²) in [6, 6.07) is 6.12. The van der Waals surface area contributed by atoms with Crippen molar-refractivity contribution in [1.29, 1.82) is 5.26 Å². The van der Waals surface area contributed by atoms with Gasteiger partial charge in [0.2, 0.25) is 0 Å². The second-order valence-corrected chi connectivity index (χ2v) is 4.75. The maximum Gasteiger partial charge on any atom is 0.183 e. The molecule has 1 atom stereocenters. The average Bonchev–Trinajstić information content (AvgIpc) is 2.17. The summed E-state index contributed by atoms with van der Waals surface area (Å²) in [6.07, 6.45) is 0. The Bertz CT molecular complexity index is 451. The molecule has 2 nitrogen and oxygen atoms in total. The third-order valence-corrected chi connectivity index (χ3v) is 2.78. The molecule has 0 fully saturated rings. The van der Waals surface area contributed by atoms with E-state index < -0.39 is 17.5 Å². The van der Waals surface area contributed by atoms with Crippen LogP contribution in [0, 0.1) is 29.0 Å². The topological polar surface area (TPSA) is 40.9 Å². The summed E-state index contributed by atoms with van der Waals surface area (Å²) in [7, 11) is 0. The fraction of sp³-hybridized carbons (Fsp3) is 0.333. The molecule has 0 aromatic heterocycles. The monoisotopic (exact) mass is 283 g/mol. The smallest absolute Gasteiger partial charge is 0.183 e. The Labute approximate surface area is 102 Å². The van der Waals surface area contributed by atoms with Gasteiger partial charge in [-0.2, -0.15) is 5.26 Å². The number of rotatable bonds is 3. The van der Waals surface area contributed by atoms with Crippen molar-refractivity contribution in [2.75, 3.05) is 0 Å². The molecule has 1 aromatic rings. The van der Waals surface area contributed by atoms with Crippen LogP contribution < -0.4 is 0 Å². The van der Waals surface area contributed by atoms with E-state index in [9.17, 15) is 9.18 Å². The Morgan fingerprint density at radius 3 is 2.56 bits per heavy atom. The molecule has 0 aliphatic rings. The Hall–Kier alpha value is -1.21. The number of benzene rings is 1. The molecule has 1 rings (SSSR count). The van der Waals surface area contributed by atoms with Crippen LogP contribution in [0.15, 0.2) is 22.7 Å². The molecule has 0 spiro atoms. The van der Waals surface area contributed by atoms with Crippen molar-refractivity contribution in [2.45, 2.75) is 13.8 Å². The zero-order chi connectivity index (χ0) is 12.3. The van der Waals surface area contributed by atoms with Gasteiger partial charge in [0.25, 0.3) is 0 Å². The zero-order valence-electron chi connectivity index (χ0n) is 9.00.